The Labute approximate surface area is 107 Å². The Morgan fingerprint density at radius 2 is 2.22 bits per heavy atom. The number of carbonyl (C=O) groups excluding carboxylic acids is 1. The van der Waals surface area contributed by atoms with Gasteiger partial charge in [-0.25, -0.2) is 0 Å². The number of carbonyl (C=O) groups is 1. The number of hydrogen-bond donors (Lipinski definition) is 2. The third-order valence-corrected chi connectivity index (χ3v) is 2.39. The fraction of sp³-hybridized carbons (Fsp3) is 0.462. The molecule has 5 heteroatoms. The normalized spacial score (nSPS) is 11.9. The molecular weight excluding hydrogens is 234 g/mol. The predicted molar refractivity (Wildman–Crippen MR) is 68.1 cm³/mol. The van der Waals surface area contributed by atoms with Crippen molar-refractivity contribution in [1.82, 2.24) is 5.32 Å². The lowest BCUT2D eigenvalue weighted by atomic mass is 10.2. The minimum Gasteiger partial charge on any atom is -0.504 e. The smallest absolute Gasteiger partial charge is 0.251 e. The van der Waals surface area contributed by atoms with Crippen LogP contribution >= 0.6 is 0 Å². The first-order valence-corrected chi connectivity index (χ1v) is 5.84. The van der Waals surface area contributed by atoms with Crippen LogP contribution in [0.15, 0.2) is 18.2 Å². The van der Waals surface area contributed by atoms with Crippen molar-refractivity contribution in [1.29, 1.82) is 0 Å². The molecule has 0 aliphatic rings. The molecule has 2 N–H and O–H groups in total. The first-order valence-electron chi connectivity index (χ1n) is 5.84. The van der Waals surface area contributed by atoms with E-state index in [1.807, 2.05) is 13.8 Å². The average molecular weight is 253 g/mol. The molecule has 100 valence electrons. The number of phenolic OH excluding ortho intramolecular Hbond substituents is 1. The van der Waals surface area contributed by atoms with Gasteiger partial charge in [0.1, 0.15) is 0 Å². The van der Waals surface area contributed by atoms with Gasteiger partial charge in [-0.1, -0.05) is 0 Å². The highest BCUT2D eigenvalue weighted by Gasteiger charge is 2.12. The number of amides is 1. The number of nitrogens with one attached hydrogen (secondary N) is 1. The molecule has 1 amide bonds. The lowest BCUT2D eigenvalue weighted by molar-refractivity contribution is 0.0871. The van der Waals surface area contributed by atoms with Crippen LogP contribution in [-0.4, -0.2) is 37.4 Å². The minimum atomic E-state index is -0.250. The number of phenols is 1. The molecule has 1 rings (SSSR count). The second-order valence-electron chi connectivity index (χ2n) is 3.92. The zero-order chi connectivity index (χ0) is 13.5. The highest BCUT2D eigenvalue weighted by molar-refractivity contribution is 5.95. The summed E-state index contributed by atoms with van der Waals surface area (Å²) in [5.41, 5.74) is 0.386. The lowest BCUT2D eigenvalue weighted by Crippen LogP contribution is -2.35. The third-order valence-electron chi connectivity index (χ3n) is 2.39. The maximum atomic E-state index is 11.9. The van der Waals surface area contributed by atoms with Gasteiger partial charge in [-0.05, 0) is 32.0 Å². The van der Waals surface area contributed by atoms with Crippen molar-refractivity contribution in [3.63, 3.8) is 0 Å². The van der Waals surface area contributed by atoms with Gasteiger partial charge in [0.05, 0.1) is 13.7 Å². The van der Waals surface area contributed by atoms with Gasteiger partial charge in [0, 0.05) is 18.2 Å². The van der Waals surface area contributed by atoms with Crippen LogP contribution in [0.1, 0.15) is 24.2 Å². The van der Waals surface area contributed by atoms with Crippen molar-refractivity contribution in [2.24, 2.45) is 0 Å². The topological polar surface area (TPSA) is 67.8 Å². The van der Waals surface area contributed by atoms with Gasteiger partial charge in [-0.15, -0.1) is 0 Å². The zero-order valence-electron chi connectivity index (χ0n) is 10.9. The van der Waals surface area contributed by atoms with E-state index in [0.717, 1.165) is 0 Å². The molecule has 1 unspecified atom stereocenters. The molecule has 0 aliphatic heterocycles. The van der Waals surface area contributed by atoms with E-state index >= 15 is 0 Å². The highest BCUT2D eigenvalue weighted by atomic mass is 16.5. The van der Waals surface area contributed by atoms with Gasteiger partial charge >= 0.3 is 0 Å². The quantitative estimate of drug-likeness (QED) is 0.807. The van der Waals surface area contributed by atoms with Crippen LogP contribution in [-0.2, 0) is 4.74 Å². The summed E-state index contributed by atoms with van der Waals surface area (Å²) in [7, 11) is 1.46. The molecule has 0 fully saturated rings. The fourth-order valence-electron chi connectivity index (χ4n) is 1.47. The molecule has 0 saturated carbocycles. The molecule has 1 aromatic rings. The monoisotopic (exact) mass is 253 g/mol. The second-order valence-corrected chi connectivity index (χ2v) is 3.92. The average Bonchev–Trinajstić information content (AvgIpc) is 2.36. The summed E-state index contributed by atoms with van der Waals surface area (Å²) >= 11 is 0. The summed E-state index contributed by atoms with van der Waals surface area (Å²) < 4.78 is 10.1. The van der Waals surface area contributed by atoms with E-state index in [0.29, 0.717) is 24.5 Å². The van der Waals surface area contributed by atoms with E-state index < -0.39 is 0 Å². The first kappa shape index (κ1) is 14.3. The maximum Gasteiger partial charge on any atom is 0.251 e. The second kappa shape index (κ2) is 6.86. The van der Waals surface area contributed by atoms with E-state index in [-0.39, 0.29) is 17.7 Å². The maximum absolute atomic E-state index is 11.9. The molecule has 0 saturated heterocycles. The summed E-state index contributed by atoms with van der Waals surface area (Å²) in [4.78, 5) is 11.9. The summed E-state index contributed by atoms with van der Waals surface area (Å²) in [5.74, 6) is 0.0386. The van der Waals surface area contributed by atoms with Gasteiger partial charge in [-0.3, -0.25) is 4.79 Å². The zero-order valence-corrected chi connectivity index (χ0v) is 10.9. The molecule has 0 heterocycles. The van der Waals surface area contributed by atoms with E-state index in [2.05, 4.69) is 5.32 Å². The molecule has 0 bridgehead atoms. The number of benzene rings is 1. The third kappa shape index (κ3) is 3.92. The number of ether oxygens (including phenoxy) is 2. The number of methoxy groups -OCH3 is 1. The SMILES string of the molecule is CCOCC(C)NC(=O)c1ccc(OC)c(O)c1. The van der Waals surface area contributed by atoms with Crippen LogP contribution in [0.2, 0.25) is 0 Å². The molecule has 0 aliphatic carbocycles. The standard InChI is InChI=1S/C13H19NO4/c1-4-18-8-9(2)14-13(16)10-5-6-12(17-3)11(15)7-10/h5-7,9,15H,4,8H2,1-3H3,(H,14,16). The van der Waals surface area contributed by atoms with Crippen LogP contribution in [0.5, 0.6) is 11.5 Å². The molecular formula is C13H19NO4. The minimum absolute atomic E-state index is 0.0531. The Kier molecular flexibility index (Phi) is 5.45. The molecule has 0 radical (unpaired) electrons. The van der Waals surface area contributed by atoms with Crippen LogP contribution in [0.25, 0.3) is 0 Å². The molecule has 0 aromatic heterocycles. The Bertz CT molecular complexity index is 406. The van der Waals surface area contributed by atoms with Gasteiger partial charge in [0.2, 0.25) is 0 Å². The van der Waals surface area contributed by atoms with Crippen molar-refractivity contribution in [3.05, 3.63) is 23.8 Å². The van der Waals surface area contributed by atoms with Crippen LogP contribution in [0.3, 0.4) is 0 Å². The van der Waals surface area contributed by atoms with E-state index in [4.69, 9.17) is 9.47 Å². The number of hydrogen-bond acceptors (Lipinski definition) is 4. The van der Waals surface area contributed by atoms with Crippen molar-refractivity contribution in [2.75, 3.05) is 20.3 Å². The first-order chi connectivity index (χ1) is 8.58. The molecule has 1 aromatic carbocycles. The largest absolute Gasteiger partial charge is 0.504 e. The fourth-order valence-corrected chi connectivity index (χ4v) is 1.47. The van der Waals surface area contributed by atoms with Gasteiger partial charge in [-0.2, -0.15) is 0 Å². The van der Waals surface area contributed by atoms with Gasteiger partial charge in [0.25, 0.3) is 5.91 Å². The molecule has 18 heavy (non-hydrogen) atoms. The van der Waals surface area contributed by atoms with E-state index in [1.165, 1.54) is 13.2 Å². The molecule has 0 spiro atoms. The summed E-state index contributed by atoms with van der Waals surface area (Å²) in [6.07, 6.45) is 0. The van der Waals surface area contributed by atoms with Gasteiger partial charge < -0.3 is 19.9 Å². The summed E-state index contributed by atoms with van der Waals surface area (Å²) in [6.45, 7) is 4.83. The van der Waals surface area contributed by atoms with Crippen molar-refractivity contribution < 1.29 is 19.4 Å². The number of rotatable bonds is 6. The molecule has 5 nitrogen and oxygen atoms in total. The lowest BCUT2D eigenvalue weighted by Gasteiger charge is -2.14. The van der Waals surface area contributed by atoms with Crippen molar-refractivity contribution in [3.8, 4) is 11.5 Å². The Morgan fingerprint density at radius 3 is 2.78 bits per heavy atom. The predicted octanol–water partition coefficient (Wildman–Crippen LogP) is 1.56. The van der Waals surface area contributed by atoms with E-state index in [1.54, 1.807) is 12.1 Å². The van der Waals surface area contributed by atoms with Crippen LogP contribution in [0, 0.1) is 0 Å². The van der Waals surface area contributed by atoms with Crippen molar-refractivity contribution in [2.45, 2.75) is 19.9 Å². The number of aromatic hydroxyl groups is 1. The summed E-state index contributed by atoms with van der Waals surface area (Å²) in [6, 6.07) is 4.45. The van der Waals surface area contributed by atoms with E-state index in [9.17, 15) is 9.90 Å². The Balaban J connectivity index is 2.64. The summed E-state index contributed by atoms with van der Waals surface area (Å²) in [5, 5.41) is 12.4. The Morgan fingerprint density at radius 1 is 1.50 bits per heavy atom. The Hall–Kier alpha value is -1.75. The van der Waals surface area contributed by atoms with Crippen LogP contribution < -0.4 is 10.1 Å². The highest BCUT2D eigenvalue weighted by Crippen LogP contribution is 2.26. The van der Waals surface area contributed by atoms with Crippen LogP contribution in [0.4, 0.5) is 0 Å². The van der Waals surface area contributed by atoms with Gasteiger partial charge in [0.15, 0.2) is 11.5 Å². The van der Waals surface area contributed by atoms with Crippen molar-refractivity contribution >= 4 is 5.91 Å². The molecule has 1 atom stereocenters.